The number of hydrogen-bond acceptors (Lipinski definition) is 3. The number of anilines is 1. The third-order valence-corrected chi connectivity index (χ3v) is 6.56. The van der Waals surface area contributed by atoms with Gasteiger partial charge in [0, 0.05) is 30.1 Å². The Morgan fingerprint density at radius 1 is 1.23 bits per heavy atom. The van der Waals surface area contributed by atoms with E-state index in [1.807, 2.05) is 11.8 Å². The van der Waals surface area contributed by atoms with E-state index in [2.05, 4.69) is 35.4 Å². The van der Waals surface area contributed by atoms with Crippen molar-refractivity contribution in [2.24, 2.45) is 11.3 Å². The molecule has 2 fully saturated rings. The van der Waals surface area contributed by atoms with Crippen molar-refractivity contribution >= 4 is 23.7 Å². The van der Waals surface area contributed by atoms with E-state index in [4.69, 9.17) is 0 Å². The molecule has 22 heavy (non-hydrogen) atoms. The quantitative estimate of drug-likeness (QED) is 0.589. The molecule has 1 spiro atoms. The highest BCUT2D eigenvalue weighted by Crippen LogP contribution is 2.47. The van der Waals surface area contributed by atoms with Crippen molar-refractivity contribution in [2.45, 2.75) is 49.8 Å². The third kappa shape index (κ3) is 3.51. The number of carbonyl (C=O) groups excluding carboxylic acids is 1. The largest absolute Gasteiger partial charge is 0.371 e. The lowest BCUT2D eigenvalue weighted by Gasteiger charge is -2.46. The Kier molecular flexibility index (Phi) is 5.12. The van der Waals surface area contributed by atoms with E-state index in [0.717, 1.165) is 12.7 Å². The number of thioether (sulfide) groups is 1. The molecule has 1 heterocycles. The number of aldehydes is 1. The zero-order chi connectivity index (χ0) is 15.4. The molecule has 0 aromatic heterocycles. The molecule has 0 radical (unpaired) electrons. The van der Waals surface area contributed by atoms with Crippen molar-refractivity contribution in [3.8, 4) is 0 Å². The molecule has 1 saturated carbocycles. The molecule has 3 heteroatoms. The first-order valence-electron chi connectivity index (χ1n) is 8.57. The fourth-order valence-electron chi connectivity index (χ4n) is 4.21. The summed E-state index contributed by atoms with van der Waals surface area (Å²) < 4.78 is 0. The average molecular weight is 317 g/mol. The Labute approximate surface area is 138 Å². The number of hydrogen-bond donors (Lipinski definition) is 0. The highest BCUT2D eigenvalue weighted by Gasteiger charge is 2.37. The summed E-state index contributed by atoms with van der Waals surface area (Å²) >= 11 is 1.82. The van der Waals surface area contributed by atoms with Crippen LogP contribution in [-0.2, 0) is 4.79 Å². The van der Waals surface area contributed by atoms with Gasteiger partial charge in [0.15, 0.2) is 0 Å². The van der Waals surface area contributed by atoms with Gasteiger partial charge >= 0.3 is 0 Å². The Morgan fingerprint density at radius 2 is 1.95 bits per heavy atom. The molecule has 1 aromatic rings. The van der Waals surface area contributed by atoms with Crippen molar-refractivity contribution in [3.63, 3.8) is 0 Å². The van der Waals surface area contributed by atoms with Gasteiger partial charge in [0.1, 0.15) is 6.29 Å². The standard InChI is InChI=1S/C19H27NOS/c1-22-18-4-2-3-17(15-18)20-12-10-19(11-13-20)8-5-16(6-9-19)7-14-21/h2-4,14-16H,5-13H2,1H3. The van der Waals surface area contributed by atoms with Gasteiger partial charge in [0.2, 0.25) is 0 Å². The van der Waals surface area contributed by atoms with Crippen molar-refractivity contribution in [1.29, 1.82) is 0 Å². The molecule has 1 aromatic carbocycles. The monoisotopic (exact) mass is 317 g/mol. The minimum absolute atomic E-state index is 0.576. The van der Waals surface area contributed by atoms with Crippen molar-refractivity contribution in [2.75, 3.05) is 24.2 Å². The SMILES string of the molecule is CSc1cccc(N2CCC3(CCC(CC=O)CC3)CC2)c1. The van der Waals surface area contributed by atoms with Crippen LogP contribution in [0.5, 0.6) is 0 Å². The maximum Gasteiger partial charge on any atom is 0.120 e. The summed E-state index contributed by atoms with van der Waals surface area (Å²) in [6.45, 7) is 2.38. The van der Waals surface area contributed by atoms with E-state index in [9.17, 15) is 4.79 Å². The fourth-order valence-corrected chi connectivity index (χ4v) is 4.66. The predicted octanol–water partition coefficient (Wildman–Crippen LogP) is 4.77. The zero-order valence-corrected chi connectivity index (χ0v) is 14.4. The number of nitrogens with zero attached hydrogens (tertiary/aromatic N) is 1. The van der Waals surface area contributed by atoms with Gasteiger partial charge in [-0.05, 0) is 74.3 Å². The van der Waals surface area contributed by atoms with Crippen LogP contribution in [0.2, 0.25) is 0 Å². The van der Waals surface area contributed by atoms with Crippen LogP contribution in [0.4, 0.5) is 5.69 Å². The molecule has 0 unspecified atom stereocenters. The van der Waals surface area contributed by atoms with Gasteiger partial charge in [0.05, 0.1) is 0 Å². The van der Waals surface area contributed by atoms with E-state index >= 15 is 0 Å². The van der Waals surface area contributed by atoms with Gasteiger partial charge in [-0.25, -0.2) is 0 Å². The Hall–Kier alpha value is -0.960. The van der Waals surface area contributed by atoms with Crippen LogP contribution in [0.1, 0.15) is 44.9 Å². The molecule has 3 rings (SSSR count). The summed E-state index contributed by atoms with van der Waals surface area (Å²) in [5.41, 5.74) is 1.96. The van der Waals surface area contributed by atoms with E-state index in [0.29, 0.717) is 11.3 Å². The maximum absolute atomic E-state index is 10.7. The van der Waals surface area contributed by atoms with Gasteiger partial charge in [-0.15, -0.1) is 11.8 Å². The molecule has 0 N–H and O–H groups in total. The van der Waals surface area contributed by atoms with E-state index < -0.39 is 0 Å². The Balaban J connectivity index is 1.57. The first kappa shape index (κ1) is 15.9. The number of rotatable bonds is 4. The molecule has 0 atom stereocenters. The second-order valence-corrected chi connectivity index (χ2v) is 7.91. The lowest BCUT2D eigenvalue weighted by atomic mass is 9.65. The highest BCUT2D eigenvalue weighted by molar-refractivity contribution is 7.98. The van der Waals surface area contributed by atoms with Crippen LogP contribution in [0.15, 0.2) is 29.2 Å². The van der Waals surface area contributed by atoms with Gasteiger partial charge in [-0.3, -0.25) is 0 Å². The lowest BCUT2D eigenvalue weighted by Crippen LogP contribution is -2.42. The zero-order valence-electron chi connectivity index (χ0n) is 13.6. The number of carbonyl (C=O) groups is 1. The van der Waals surface area contributed by atoms with E-state index in [1.165, 1.54) is 62.2 Å². The van der Waals surface area contributed by atoms with Gasteiger partial charge in [0.25, 0.3) is 0 Å². The minimum atomic E-state index is 0.576. The van der Waals surface area contributed by atoms with Gasteiger partial charge < -0.3 is 9.69 Å². The molecule has 1 saturated heterocycles. The summed E-state index contributed by atoms with van der Waals surface area (Å²) in [7, 11) is 0. The van der Waals surface area contributed by atoms with Crippen LogP contribution in [-0.4, -0.2) is 25.6 Å². The molecular formula is C19H27NOS. The summed E-state index contributed by atoms with van der Waals surface area (Å²) in [6.07, 6.45) is 11.9. The van der Waals surface area contributed by atoms with Crippen LogP contribution >= 0.6 is 11.8 Å². The first-order valence-corrected chi connectivity index (χ1v) is 9.80. The topological polar surface area (TPSA) is 20.3 Å². The predicted molar refractivity (Wildman–Crippen MR) is 94.7 cm³/mol. The lowest BCUT2D eigenvalue weighted by molar-refractivity contribution is -0.109. The van der Waals surface area contributed by atoms with Crippen LogP contribution < -0.4 is 4.90 Å². The first-order chi connectivity index (χ1) is 10.7. The van der Waals surface area contributed by atoms with Crippen molar-refractivity contribution in [1.82, 2.24) is 0 Å². The molecular weight excluding hydrogens is 290 g/mol. The van der Waals surface area contributed by atoms with Crippen LogP contribution in [0, 0.1) is 11.3 Å². The third-order valence-electron chi connectivity index (χ3n) is 5.84. The summed E-state index contributed by atoms with van der Waals surface area (Å²) in [5, 5.41) is 0. The average Bonchev–Trinajstić information content (AvgIpc) is 2.58. The van der Waals surface area contributed by atoms with E-state index in [-0.39, 0.29) is 0 Å². The summed E-state index contributed by atoms with van der Waals surface area (Å²) in [4.78, 5) is 14.6. The second-order valence-electron chi connectivity index (χ2n) is 7.03. The maximum atomic E-state index is 10.7. The molecule has 2 nitrogen and oxygen atoms in total. The van der Waals surface area contributed by atoms with Crippen LogP contribution in [0.3, 0.4) is 0 Å². The van der Waals surface area contributed by atoms with Crippen molar-refractivity contribution in [3.05, 3.63) is 24.3 Å². The molecule has 120 valence electrons. The molecule has 1 aliphatic carbocycles. The van der Waals surface area contributed by atoms with Gasteiger partial charge in [-0.2, -0.15) is 0 Å². The van der Waals surface area contributed by atoms with Crippen LogP contribution in [0.25, 0.3) is 0 Å². The molecule has 0 bridgehead atoms. The molecule has 2 aliphatic rings. The highest BCUT2D eigenvalue weighted by atomic mass is 32.2. The number of benzene rings is 1. The Bertz CT molecular complexity index is 498. The normalized spacial score (nSPS) is 22.0. The minimum Gasteiger partial charge on any atom is -0.371 e. The Morgan fingerprint density at radius 3 is 2.59 bits per heavy atom. The summed E-state index contributed by atoms with van der Waals surface area (Å²) in [6, 6.07) is 8.94. The smallest absolute Gasteiger partial charge is 0.120 e. The van der Waals surface area contributed by atoms with Gasteiger partial charge in [-0.1, -0.05) is 6.07 Å². The van der Waals surface area contributed by atoms with Crippen molar-refractivity contribution < 1.29 is 4.79 Å². The number of piperidine rings is 1. The summed E-state index contributed by atoms with van der Waals surface area (Å²) in [5.74, 6) is 0.666. The fraction of sp³-hybridized carbons (Fsp3) is 0.632. The molecule has 1 aliphatic heterocycles. The second kappa shape index (κ2) is 7.08. The molecule has 0 amide bonds. The van der Waals surface area contributed by atoms with E-state index in [1.54, 1.807) is 0 Å².